The Morgan fingerprint density at radius 2 is 1.79 bits per heavy atom. The summed E-state index contributed by atoms with van der Waals surface area (Å²) in [6.45, 7) is 2.28. The van der Waals surface area contributed by atoms with Crippen LogP contribution < -0.4 is 10.2 Å². The lowest BCUT2D eigenvalue weighted by Gasteiger charge is -2.31. The predicted molar refractivity (Wildman–Crippen MR) is 136 cm³/mol. The average Bonchev–Trinajstić information content (AvgIpc) is 3.22. The number of imidazole rings is 1. The largest absolute Gasteiger partial charge is 0.330 e. The van der Waals surface area contributed by atoms with Crippen molar-refractivity contribution in [1.29, 1.82) is 0 Å². The van der Waals surface area contributed by atoms with Crippen molar-refractivity contribution in [2.75, 3.05) is 38.6 Å². The van der Waals surface area contributed by atoms with Gasteiger partial charge in [-0.15, -0.1) is 0 Å². The molecule has 7 nitrogen and oxygen atoms in total. The molecule has 3 aromatic rings. The molecule has 0 unspecified atom stereocenters. The van der Waals surface area contributed by atoms with Crippen molar-refractivity contribution in [2.24, 2.45) is 5.92 Å². The maximum Gasteiger partial charge on any atom is 0.325 e. The Balaban J connectivity index is 1.92. The third-order valence-electron chi connectivity index (χ3n) is 5.97. The Bertz CT molecular complexity index is 1170. The Morgan fingerprint density at radius 3 is 2.41 bits per heavy atom. The molecule has 1 aromatic heterocycles. The standard InChI is InChI=1S/C25H27Cl2N5O2/c1-30(2)25(34)31(15-17-11-13-28-14-12-17)24-22(16-33)32(19-9-7-18(26)8-10-19)23(29-24)20-5-3-4-6-21(20)27/h3-10,16-17,28H,11-15H2,1-2H3. The molecule has 0 spiro atoms. The van der Waals surface area contributed by atoms with Gasteiger partial charge in [0, 0.05) is 36.9 Å². The van der Waals surface area contributed by atoms with Crippen LogP contribution in [0, 0.1) is 5.92 Å². The number of hydrogen-bond acceptors (Lipinski definition) is 4. The second-order valence-corrected chi connectivity index (χ2v) is 9.38. The number of hydrogen-bond donors (Lipinski definition) is 1. The Kier molecular flexibility index (Phi) is 7.56. The van der Waals surface area contributed by atoms with E-state index in [0.29, 0.717) is 45.4 Å². The zero-order chi connectivity index (χ0) is 24.2. The number of nitrogens with zero attached hydrogens (tertiary/aromatic N) is 4. The first-order chi connectivity index (χ1) is 16.4. The van der Waals surface area contributed by atoms with Crippen LogP contribution in [-0.4, -0.2) is 60.5 Å². The van der Waals surface area contributed by atoms with E-state index in [4.69, 9.17) is 28.2 Å². The van der Waals surface area contributed by atoms with Crippen molar-refractivity contribution >= 4 is 41.3 Å². The van der Waals surface area contributed by atoms with Gasteiger partial charge in [0.2, 0.25) is 0 Å². The maximum atomic E-state index is 13.3. The number of halogens is 2. The summed E-state index contributed by atoms with van der Waals surface area (Å²) in [6, 6.07) is 14.2. The number of carbonyl (C=O) groups excluding carboxylic acids is 2. The van der Waals surface area contributed by atoms with Gasteiger partial charge in [0.25, 0.3) is 0 Å². The van der Waals surface area contributed by atoms with Crippen LogP contribution in [0.5, 0.6) is 0 Å². The normalized spacial score (nSPS) is 14.1. The second kappa shape index (κ2) is 10.6. The van der Waals surface area contributed by atoms with E-state index < -0.39 is 0 Å². The molecule has 1 saturated heterocycles. The number of urea groups is 1. The van der Waals surface area contributed by atoms with Crippen molar-refractivity contribution in [3.05, 3.63) is 64.3 Å². The van der Waals surface area contributed by atoms with Crippen LogP contribution in [0.1, 0.15) is 23.3 Å². The van der Waals surface area contributed by atoms with E-state index in [1.54, 1.807) is 41.8 Å². The van der Waals surface area contributed by atoms with Gasteiger partial charge in [-0.05, 0) is 68.2 Å². The SMILES string of the molecule is CN(C)C(=O)N(CC1CCNCC1)c1nc(-c2ccccc2Cl)n(-c2ccc(Cl)cc2)c1C=O. The van der Waals surface area contributed by atoms with E-state index in [1.807, 2.05) is 30.3 Å². The van der Waals surface area contributed by atoms with Crippen LogP contribution >= 0.6 is 23.2 Å². The van der Waals surface area contributed by atoms with Crippen molar-refractivity contribution in [2.45, 2.75) is 12.8 Å². The number of aromatic nitrogens is 2. The summed E-state index contributed by atoms with van der Waals surface area (Å²) >= 11 is 12.7. The molecule has 2 heterocycles. The van der Waals surface area contributed by atoms with Gasteiger partial charge >= 0.3 is 6.03 Å². The van der Waals surface area contributed by atoms with Crippen LogP contribution in [0.25, 0.3) is 17.1 Å². The fraction of sp³-hybridized carbons (Fsp3) is 0.320. The van der Waals surface area contributed by atoms with Crippen LogP contribution in [0.4, 0.5) is 10.6 Å². The molecule has 4 rings (SSSR count). The van der Waals surface area contributed by atoms with Crippen molar-refractivity contribution in [3.63, 3.8) is 0 Å². The smallest absolute Gasteiger partial charge is 0.325 e. The van der Waals surface area contributed by atoms with Gasteiger partial charge in [0.1, 0.15) is 11.5 Å². The van der Waals surface area contributed by atoms with Crippen LogP contribution in [-0.2, 0) is 0 Å². The van der Waals surface area contributed by atoms with Gasteiger partial charge in [-0.25, -0.2) is 9.78 Å². The van der Waals surface area contributed by atoms with Gasteiger partial charge < -0.3 is 10.2 Å². The van der Waals surface area contributed by atoms with E-state index >= 15 is 0 Å². The monoisotopic (exact) mass is 499 g/mol. The first-order valence-corrected chi connectivity index (χ1v) is 11.9. The average molecular weight is 500 g/mol. The summed E-state index contributed by atoms with van der Waals surface area (Å²) < 4.78 is 1.73. The number of amides is 2. The molecule has 34 heavy (non-hydrogen) atoms. The lowest BCUT2D eigenvalue weighted by Crippen LogP contribution is -2.44. The molecule has 1 aliphatic heterocycles. The summed E-state index contributed by atoms with van der Waals surface area (Å²) in [6.07, 6.45) is 2.64. The number of carbonyl (C=O) groups is 2. The summed E-state index contributed by atoms with van der Waals surface area (Å²) in [7, 11) is 3.40. The molecular weight excluding hydrogens is 473 g/mol. The highest BCUT2D eigenvalue weighted by Gasteiger charge is 2.31. The zero-order valence-electron chi connectivity index (χ0n) is 19.2. The third-order valence-corrected chi connectivity index (χ3v) is 6.56. The molecule has 2 aromatic carbocycles. The van der Waals surface area contributed by atoms with Gasteiger partial charge in [-0.3, -0.25) is 14.3 Å². The molecule has 0 saturated carbocycles. The third kappa shape index (κ3) is 4.97. The molecule has 178 valence electrons. The van der Waals surface area contributed by atoms with Gasteiger partial charge in [-0.1, -0.05) is 35.3 Å². The first kappa shape index (κ1) is 24.3. The summed E-state index contributed by atoms with van der Waals surface area (Å²) in [4.78, 5) is 33.8. The fourth-order valence-corrected chi connectivity index (χ4v) is 4.57. The summed E-state index contributed by atoms with van der Waals surface area (Å²) in [5.74, 6) is 1.10. The molecule has 1 aliphatic rings. The number of rotatable bonds is 6. The van der Waals surface area contributed by atoms with E-state index in [1.165, 1.54) is 4.90 Å². The lowest BCUT2D eigenvalue weighted by atomic mass is 9.97. The highest BCUT2D eigenvalue weighted by Crippen LogP contribution is 2.35. The highest BCUT2D eigenvalue weighted by molar-refractivity contribution is 6.33. The van der Waals surface area contributed by atoms with Crippen molar-refractivity contribution < 1.29 is 9.59 Å². The first-order valence-electron chi connectivity index (χ1n) is 11.2. The predicted octanol–water partition coefficient (Wildman–Crippen LogP) is 5.15. The number of nitrogens with one attached hydrogen (secondary N) is 1. The minimum atomic E-state index is -0.229. The molecule has 9 heteroatoms. The Morgan fingerprint density at radius 1 is 1.12 bits per heavy atom. The second-order valence-electron chi connectivity index (χ2n) is 8.53. The zero-order valence-corrected chi connectivity index (χ0v) is 20.7. The molecule has 0 aliphatic carbocycles. The van der Waals surface area contributed by atoms with Gasteiger partial charge in [0.15, 0.2) is 12.1 Å². The number of benzene rings is 2. The lowest BCUT2D eigenvalue weighted by molar-refractivity contribution is 0.111. The quantitative estimate of drug-likeness (QED) is 0.476. The molecular formula is C25H27Cl2N5O2. The molecule has 0 atom stereocenters. The van der Waals surface area contributed by atoms with E-state index in [-0.39, 0.29) is 11.7 Å². The maximum absolute atomic E-state index is 13.3. The topological polar surface area (TPSA) is 70.5 Å². The molecule has 0 radical (unpaired) electrons. The molecule has 1 N–H and O–H groups in total. The van der Waals surface area contributed by atoms with Crippen LogP contribution in [0.3, 0.4) is 0 Å². The fourth-order valence-electron chi connectivity index (χ4n) is 4.22. The van der Waals surface area contributed by atoms with Crippen molar-refractivity contribution in [3.8, 4) is 17.1 Å². The molecule has 2 amide bonds. The van der Waals surface area contributed by atoms with E-state index in [2.05, 4.69) is 5.32 Å². The van der Waals surface area contributed by atoms with Crippen LogP contribution in [0.2, 0.25) is 10.0 Å². The number of aldehydes is 1. The summed E-state index contributed by atoms with van der Waals surface area (Å²) in [5, 5.41) is 4.43. The van der Waals surface area contributed by atoms with E-state index in [0.717, 1.165) is 32.2 Å². The highest BCUT2D eigenvalue weighted by atomic mass is 35.5. The Labute approximate surface area is 209 Å². The molecule has 1 fully saturated rings. The molecule has 0 bridgehead atoms. The van der Waals surface area contributed by atoms with Crippen molar-refractivity contribution in [1.82, 2.24) is 19.8 Å². The number of anilines is 1. The number of piperidine rings is 1. The van der Waals surface area contributed by atoms with Gasteiger partial charge in [-0.2, -0.15) is 0 Å². The van der Waals surface area contributed by atoms with E-state index in [9.17, 15) is 9.59 Å². The Hall–Kier alpha value is -2.87. The van der Waals surface area contributed by atoms with Crippen LogP contribution in [0.15, 0.2) is 48.5 Å². The minimum Gasteiger partial charge on any atom is -0.330 e. The summed E-state index contributed by atoms with van der Waals surface area (Å²) in [5.41, 5.74) is 1.63. The van der Waals surface area contributed by atoms with Gasteiger partial charge in [0.05, 0.1) is 5.02 Å². The minimum absolute atomic E-state index is 0.229.